The lowest BCUT2D eigenvalue weighted by molar-refractivity contribution is 0.182. The fraction of sp³-hybridized carbons (Fsp3) is 0.333. The Kier molecular flexibility index (Phi) is 2.09. The van der Waals surface area contributed by atoms with Crippen LogP contribution in [0.3, 0.4) is 0 Å². The quantitative estimate of drug-likeness (QED) is 0.766. The van der Waals surface area contributed by atoms with Gasteiger partial charge in [-0.05, 0) is 19.1 Å². The van der Waals surface area contributed by atoms with Gasteiger partial charge < -0.3 is 9.52 Å². The van der Waals surface area contributed by atoms with E-state index in [1.165, 1.54) is 11.0 Å². The van der Waals surface area contributed by atoms with Gasteiger partial charge in [-0.3, -0.25) is 0 Å². The van der Waals surface area contributed by atoms with Crippen molar-refractivity contribution in [3.63, 3.8) is 0 Å². The lowest BCUT2D eigenvalue weighted by Gasteiger charge is -2.02. The molecule has 0 saturated carbocycles. The summed E-state index contributed by atoms with van der Waals surface area (Å²) in [7, 11) is 1.70. The monoisotopic (exact) mass is 193 g/mol. The maximum atomic E-state index is 9.81. The molecule has 2 aromatic heterocycles. The van der Waals surface area contributed by atoms with E-state index in [1.807, 2.05) is 6.92 Å². The van der Waals surface area contributed by atoms with E-state index in [0.29, 0.717) is 11.5 Å². The SMILES string of the molecule is Cc1ccc(C(O)c2cnn(C)n2)o1. The third-order valence-electron chi connectivity index (χ3n) is 1.93. The van der Waals surface area contributed by atoms with E-state index >= 15 is 0 Å². The number of hydrogen-bond acceptors (Lipinski definition) is 4. The topological polar surface area (TPSA) is 64.1 Å². The molecule has 2 rings (SSSR count). The minimum absolute atomic E-state index is 0.488. The Morgan fingerprint density at radius 1 is 1.50 bits per heavy atom. The molecular weight excluding hydrogens is 182 g/mol. The van der Waals surface area contributed by atoms with Gasteiger partial charge in [0.2, 0.25) is 0 Å². The van der Waals surface area contributed by atoms with Crippen LogP contribution in [0, 0.1) is 6.92 Å². The van der Waals surface area contributed by atoms with Gasteiger partial charge in [0.05, 0.1) is 6.20 Å². The van der Waals surface area contributed by atoms with Crippen molar-refractivity contribution in [3.05, 3.63) is 35.5 Å². The highest BCUT2D eigenvalue weighted by Gasteiger charge is 2.16. The highest BCUT2D eigenvalue weighted by Crippen LogP contribution is 2.21. The molecule has 1 N–H and O–H groups in total. The Hall–Kier alpha value is -1.62. The van der Waals surface area contributed by atoms with Gasteiger partial charge in [0, 0.05) is 7.05 Å². The van der Waals surface area contributed by atoms with Crippen molar-refractivity contribution in [2.75, 3.05) is 0 Å². The van der Waals surface area contributed by atoms with Gasteiger partial charge in [0.15, 0.2) is 6.10 Å². The maximum absolute atomic E-state index is 9.81. The fourth-order valence-electron chi connectivity index (χ4n) is 1.23. The second-order valence-electron chi connectivity index (χ2n) is 3.11. The first-order valence-corrected chi connectivity index (χ1v) is 4.27. The number of hydrogen-bond donors (Lipinski definition) is 1. The standard InChI is InChI=1S/C9H11N3O2/c1-6-3-4-8(14-6)9(13)7-5-10-12(2)11-7/h3-5,9,13H,1-2H3. The van der Waals surface area contributed by atoms with Crippen molar-refractivity contribution < 1.29 is 9.52 Å². The molecule has 74 valence electrons. The summed E-state index contributed by atoms with van der Waals surface area (Å²) >= 11 is 0. The number of aromatic nitrogens is 3. The molecule has 0 spiro atoms. The third-order valence-corrected chi connectivity index (χ3v) is 1.93. The van der Waals surface area contributed by atoms with Crippen LogP contribution in [0.4, 0.5) is 0 Å². The van der Waals surface area contributed by atoms with Crippen molar-refractivity contribution in [2.24, 2.45) is 7.05 Å². The zero-order chi connectivity index (χ0) is 10.1. The molecule has 5 nitrogen and oxygen atoms in total. The van der Waals surface area contributed by atoms with Crippen LogP contribution in [-0.2, 0) is 7.05 Å². The summed E-state index contributed by atoms with van der Waals surface area (Å²) in [4.78, 5) is 1.40. The molecule has 0 fully saturated rings. The zero-order valence-electron chi connectivity index (χ0n) is 8.01. The van der Waals surface area contributed by atoms with Crippen LogP contribution < -0.4 is 0 Å². The summed E-state index contributed by atoms with van der Waals surface area (Å²) in [6.07, 6.45) is 0.681. The molecule has 0 aromatic carbocycles. The smallest absolute Gasteiger partial charge is 0.157 e. The fourth-order valence-corrected chi connectivity index (χ4v) is 1.23. The summed E-state index contributed by atoms with van der Waals surface area (Å²) in [5.41, 5.74) is 0.488. The summed E-state index contributed by atoms with van der Waals surface area (Å²) in [5, 5.41) is 17.7. The van der Waals surface area contributed by atoms with Crippen molar-refractivity contribution in [3.8, 4) is 0 Å². The molecule has 0 aliphatic heterocycles. The normalized spacial score (nSPS) is 13.1. The largest absolute Gasteiger partial charge is 0.463 e. The zero-order valence-corrected chi connectivity index (χ0v) is 8.01. The Labute approximate surface area is 81.0 Å². The van der Waals surface area contributed by atoms with Gasteiger partial charge in [-0.25, -0.2) is 0 Å². The molecule has 0 amide bonds. The van der Waals surface area contributed by atoms with Crippen LogP contribution in [0.1, 0.15) is 23.3 Å². The first-order chi connectivity index (χ1) is 6.66. The number of furan rings is 1. The molecule has 1 atom stereocenters. The lowest BCUT2D eigenvalue weighted by atomic mass is 10.2. The highest BCUT2D eigenvalue weighted by molar-refractivity contribution is 5.16. The third kappa shape index (κ3) is 1.54. The van der Waals surface area contributed by atoms with E-state index in [1.54, 1.807) is 19.2 Å². The van der Waals surface area contributed by atoms with E-state index in [9.17, 15) is 5.11 Å². The van der Waals surface area contributed by atoms with Crippen LogP contribution in [0.2, 0.25) is 0 Å². The van der Waals surface area contributed by atoms with E-state index in [4.69, 9.17) is 4.42 Å². The minimum Gasteiger partial charge on any atom is -0.463 e. The van der Waals surface area contributed by atoms with Crippen molar-refractivity contribution >= 4 is 0 Å². The summed E-state index contributed by atoms with van der Waals surface area (Å²) in [6.45, 7) is 1.83. The molecule has 0 bridgehead atoms. The van der Waals surface area contributed by atoms with Gasteiger partial charge in [0.1, 0.15) is 17.2 Å². The lowest BCUT2D eigenvalue weighted by Crippen LogP contribution is -2.00. The molecule has 1 unspecified atom stereocenters. The molecule has 14 heavy (non-hydrogen) atoms. The number of aliphatic hydroxyl groups is 1. The maximum Gasteiger partial charge on any atom is 0.157 e. The van der Waals surface area contributed by atoms with E-state index in [-0.39, 0.29) is 0 Å². The van der Waals surface area contributed by atoms with Crippen molar-refractivity contribution in [1.29, 1.82) is 0 Å². The number of nitrogens with zero attached hydrogens (tertiary/aromatic N) is 3. The summed E-state index contributed by atoms with van der Waals surface area (Å²) < 4.78 is 5.28. The van der Waals surface area contributed by atoms with Crippen LogP contribution in [0.15, 0.2) is 22.7 Å². The number of rotatable bonds is 2. The van der Waals surface area contributed by atoms with E-state index in [0.717, 1.165) is 5.76 Å². The molecule has 0 aliphatic carbocycles. The first-order valence-electron chi connectivity index (χ1n) is 4.27. The minimum atomic E-state index is -0.836. The molecular formula is C9H11N3O2. The predicted octanol–water partition coefficient (Wildman–Crippen LogP) is 0.798. The van der Waals surface area contributed by atoms with Gasteiger partial charge in [-0.15, -0.1) is 0 Å². The molecule has 0 saturated heterocycles. The Balaban J connectivity index is 2.28. The number of aliphatic hydroxyl groups excluding tert-OH is 1. The Morgan fingerprint density at radius 3 is 2.79 bits per heavy atom. The van der Waals surface area contributed by atoms with Crippen molar-refractivity contribution in [1.82, 2.24) is 15.0 Å². The second-order valence-corrected chi connectivity index (χ2v) is 3.11. The van der Waals surface area contributed by atoms with Gasteiger partial charge >= 0.3 is 0 Å². The van der Waals surface area contributed by atoms with Crippen LogP contribution >= 0.6 is 0 Å². The Bertz CT molecular complexity index is 392. The molecule has 0 aliphatic rings. The van der Waals surface area contributed by atoms with Gasteiger partial charge in [-0.1, -0.05) is 0 Å². The van der Waals surface area contributed by atoms with Crippen molar-refractivity contribution in [2.45, 2.75) is 13.0 Å². The van der Waals surface area contributed by atoms with E-state index < -0.39 is 6.10 Å². The first kappa shape index (κ1) is 8.96. The van der Waals surface area contributed by atoms with Crippen LogP contribution in [0.5, 0.6) is 0 Å². The van der Waals surface area contributed by atoms with Gasteiger partial charge in [-0.2, -0.15) is 15.0 Å². The highest BCUT2D eigenvalue weighted by atomic mass is 16.4. The van der Waals surface area contributed by atoms with E-state index in [2.05, 4.69) is 10.2 Å². The Morgan fingerprint density at radius 2 is 2.29 bits per heavy atom. The molecule has 2 aromatic rings. The van der Waals surface area contributed by atoms with Crippen LogP contribution in [0.25, 0.3) is 0 Å². The van der Waals surface area contributed by atoms with Crippen LogP contribution in [-0.4, -0.2) is 20.1 Å². The average Bonchev–Trinajstić information content (AvgIpc) is 2.73. The molecule has 0 radical (unpaired) electrons. The predicted molar refractivity (Wildman–Crippen MR) is 48.5 cm³/mol. The van der Waals surface area contributed by atoms with Gasteiger partial charge in [0.25, 0.3) is 0 Å². The average molecular weight is 193 g/mol. The number of aryl methyl sites for hydroxylation is 2. The second kappa shape index (κ2) is 3.26. The molecule has 5 heteroatoms. The summed E-state index contributed by atoms with van der Waals surface area (Å²) in [6, 6.07) is 3.53. The summed E-state index contributed by atoms with van der Waals surface area (Å²) in [5.74, 6) is 1.26. The molecule has 2 heterocycles.